The Morgan fingerprint density at radius 1 is 1.50 bits per heavy atom. The van der Waals surface area contributed by atoms with Crippen LogP contribution >= 0.6 is 0 Å². The summed E-state index contributed by atoms with van der Waals surface area (Å²) in [6, 6.07) is 7.76. The summed E-state index contributed by atoms with van der Waals surface area (Å²) in [4.78, 5) is 13.9. The van der Waals surface area contributed by atoms with Crippen molar-refractivity contribution in [3.8, 4) is 0 Å². The van der Waals surface area contributed by atoms with Crippen LogP contribution < -0.4 is 16.0 Å². The normalized spacial score (nSPS) is 12.0. The summed E-state index contributed by atoms with van der Waals surface area (Å²) in [6.45, 7) is 5.18. The van der Waals surface area contributed by atoms with Crippen LogP contribution in [0, 0.1) is 0 Å². The summed E-state index contributed by atoms with van der Waals surface area (Å²) >= 11 is 0. The molecule has 1 atom stereocenters. The van der Waals surface area contributed by atoms with Gasteiger partial charge in [0.1, 0.15) is 6.04 Å². The maximum absolute atomic E-state index is 11.9. The SMILES string of the molecule is CCCNC(=O)C(C)N(C)c1cccc(CN)c1. The van der Waals surface area contributed by atoms with Crippen molar-refractivity contribution in [3.05, 3.63) is 29.8 Å². The van der Waals surface area contributed by atoms with Crippen LogP contribution in [0.1, 0.15) is 25.8 Å². The minimum Gasteiger partial charge on any atom is -0.363 e. The molecule has 0 bridgehead atoms. The van der Waals surface area contributed by atoms with E-state index in [2.05, 4.69) is 5.32 Å². The second kappa shape index (κ2) is 7.01. The molecule has 0 fully saturated rings. The zero-order chi connectivity index (χ0) is 13.5. The van der Waals surface area contributed by atoms with Crippen LogP contribution in [0.5, 0.6) is 0 Å². The number of carbonyl (C=O) groups is 1. The van der Waals surface area contributed by atoms with Gasteiger partial charge in [-0.2, -0.15) is 0 Å². The van der Waals surface area contributed by atoms with Gasteiger partial charge in [0, 0.05) is 25.8 Å². The molecule has 0 radical (unpaired) electrons. The molecule has 0 heterocycles. The Morgan fingerprint density at radius 3 is 2.83 bits per heavy atom. The fraction of sp³-hybridized carbons (Fsp3) is 0.500. The molecule has 1 rings (SSSR count). The van der Waals surface area contributed by atoms with Crippen molar-refractivity contribution in [2.75, 3.05) is 18.5 Å². The standard InChI is InChI=1S/C14H23N3O/c1-4-8-16-14(18)11(2)17(3)13-7-5-6-12(9-13)10-15/h5-7,9,11H,4,8,10,15H2,1-3H3,(H,16,18). The Kier molecular flexibility index (Phi) is 5.65. The Morgan fingerprint density at radius 2 is 2.22 bits per heavy atom. The van der Waals surface area contributed by atoms with Gasteiger partial charge in [0.05, 0.1) is 0 Å². The molecule has 0 aliphatic carbocycles. The minimum absolute atomic E-state index is 0.0532. The Bertz CT molecular complexity index is 392. The second-order valence-electron chi connectivity index (χ2n) is 4.45. The number of likely N-dealkylation sites (N-methyl/N-ethyl adjacent to an activating group) is 1. The molecule has 0 saturated carbocycles. The Balaban J connectivity index is 2.72. The smallest absolute Gasteiger partial charge is 0.242 e. The van der Waals surface area contributed by atoms with Crippen molar-refractivity contribution in [3.63, 3.8) is 0 Å². The van der Waals surface area contributed by atoms with Gasteiger partial charge in [-0.15, -0.1) is 0 Å². The van der Waals surface area contributed by atoms with E-state index in [1.54, 1.807) is 0 Å². The van der Waals surface area contributed by atoms with E-state index in [0.717, 1.165) is 24.2 Å². The van der Waals surface area contributed by atoms with Gasteiger partial charge in [-0.1, -0.05) is 19.1 Å². The first-order valence-electron chi connectivity index (χ1n) is 6.39. The van der Waals surface area contributed by atoms with Gasteiger partial charge in [-0.05, 0) is 31.0 Å². The average Bonchev–Trinajstić information content (AvgIpc) is 2.43. The number of carbonyl (C=O) groups excluding carboxylic acids is 1. The van der Waals surface area contributed by atoms with Crippen LogP contribution in [0.25, 0.3) is 0 Å². The Labute approximate surface area is 109 Å². The van der Waals surface area contributed by atoms with E-state index in [0.29, 0.717) is 6.54 Å². The van der Waals surface area contributed by atoms with Gasteiger partial charge in [0.2, 0.25) is 5.91 Å². The summed E-state index contributed by atoms with van der Waals surface area (Å²) in [5, 5.41) is 2.91. The number of amides is 1. The van der Waals surface area contributed by atoms with Crippen molar-refractivity contribution < 1.29 is 4.79 Å². The first-order valence-corrected chi connectivity index (χ1v) is 6.39. The lowest BCUT2D eigenvalue weighted by Gasteiger charge is -2.26. The second-order valence-corrected chi connectivity index (χ2v) is 4.45. The molecule has 1 aromatic carbocycles. The highest BCUT2D eigenvalue weighted by molar-refractivity contribution is 5.84. The molecule has 0 aliphatic rings. The molecule has 18 heavy (non-hydrogen) atoms. The van der Waals surface area contributed by atoms with Gasteiger partial charge in [0.25, 0.3) is 0 Å². The van der Waals surface area contributed by atoms with Crippen LogP contribution in [-0.2, 0) is 11.3 Å². The predicted molar refractivity (Wildman–Crippen MR) is 75.5 cm³/mol. The number of rotatable bonds is 6. The molecular weight excluding hydrogens is 226 g/mol. The molecule has 4 heteroatoms. The summed E-state index contributed by atoms with van der Waals surface area (Å²) < 4.78 is 0. The van der Waals surface area contributed by atoms with E-state index in [9.17, 15) is 4.79 Å². The first-order chi connectivity index (χ1) is 8.60. The summed E-state index contributed by atoms with van der Waals surface area (Å²) in [6.07, 6.45) is 0.949. The molecule has 100 valence electrons. The van der Waals surface area contributed by atoms with E-state index in [1.165, 1.54) is 0 Å². The van der Waals surface area contributed by atoms with Crippen LogP contribution in [0.4, 0.5) is 5.69 Å². The van der Waals surface area contributed by atoms with E-state index < -0.39 is 0 Å². The van der Waals surface area contributed by atoms with E-state index >= 15 is 0 Å². The number of benzene rings is 1. The third-order valence-electron chi connectivity index (χ3n) is 3.06. The molecule has 1 unspecified atom stereocenters. The third-order valence-corrected chi connectivity index (χ3v) is 3.06. The first kappa shape index (κ1) is 14.5. The molecule has 0 saturated heterocycles. The van der Waals surface area contributed by atoms with E-state index in [4.69, 9.17) is 5.73 Å². The predicted octanol–water partition coefficient (Wildman–Crippen LogP) is 1.50. The van der Waals surface area contributed by atoms with E-state index in [-0.39, 0.29) is 11.9 Å². The van der Waals surface area contributed by atoms with Crippen LogP contribution in [-0.4, -0.2) is 25.5 Å². The van der Waals surface area contributed by atoms with Crippen molar-refractivity contribution >= 4 is 11.6 Å². The molecule has 4 nitrogen and oxygen atoms in total. The summed E-state index contributed by atoms with van der Waals surface area (Å²) in [7, 11) is 1.92. The number of anilines is 1. The largest absolute Gasteiger partial charge is 0.363 e. The fourth-order valence-electron chi connectivity index (χ4n) is 1.70. The zero-order valence-corrected chi connectivity index (χ0v) is 11.4. The number of nitrogens with zero attached hydrogens (tertiary/aromatic N) is 1. The quantitative estimate of drug-likeness (QED) is 0.803. The lowest BCUT2D eigenvalue weighted by atomic mass is 10.1. The molecular formula is C14H23N3O. The Hall–Kier alpha value is -1.55. The number of hydrogen-bond donors (Lipinski definition) is 2. The van der Waals surface area contributed by atoms with Gasteiger partial charge < -0.3 is 16.0 Å². The van der Waals surface area contributed by atoms with Crippen LogP contribution in [0.15, 0.2) is 24.3 Å². The maximum atomic E-state index is 11.9. The third kappa shape index (κ3) is 3.74. The topological polar surface area (TPSA) is 58.4 Å². The maximum Gasteiger partial charge on any atom is 0.242 e. The molecule has 1 aromatic rings. The molecule has 1 amide bonds. The fourth-order valence-corrected chi connectivity index (χ4v) is 1.70. The lowest BCUT2D eigenvalue weighted by molar-refractivity contribution is -0.121. The van der Waals surface area contributed by atoms with Gasteiger partial charge in [-0.25, -0.2) is 0 Å². The highest BCUT2D eigenvalue weighted by Gasteiger charge is 2.17. The van der Waals surface area contributed by atoms with Crippen molar-refractivity contribution in [2.45, 2.75) is 32.9 Å². The monoisotopic (exact) mass is 249 g/mol. The molecule has 0 aliphatic heterocycles. The van der Waals surface area contributed by atoms with Crippen molar-refractivity contribution in [1.29, 1.82) is 0 Å². The van der Waals surface area contributed by atoms with Gasteiger partial charge >= 0.3 is 0 Å². The summed E-state index contributed by atoms with van der Waals surface area (Å²) in [5.41, 5.74) is 7.70. The van der Waals surface area contributed by atoms with Crippen LogP contribution in [0.3, 0.4) is 0 Å². The molecule has 3 N–H and O–H groups in total. The zero-order valence-electron chi connectivity index (χ0n) is 11.4. The average molecular weight is 249 g/mol. The van der Waals surface area contributed by atoms with Crippen molar-refractivity contribution in [2.24, 2.45) is 5.73 Å². The minimum atomic E-state index is -0.190. The van der Waals surface area contributed by atoms with Crippen LogP contribution in [0.2, 0.25) is 0 Å². The molecule has 0 aromatic heterocycles. The highest BCUT2D eigenvalue weighted by Crippen LogP contribution is 2.16. The summed E-state index contributed by atoms with van der Waals surface area (Å²) in [5.74, 6) is 0.0532. The molecule has 0 spiro atoms. The number of hydrogen-bond acceptors (Lipinski definition) is 3. The lowest BCUT2D eigenvalue weighted by Crippen LogP contribution is -2.43. The van der Waals surface area contributed by atoms with Crippen molar-refractivity contribution in [1.82, 2.24) is 5.32 Å². The number of nitrogens with two attached hydrogens (primary N) is 1. The van der Waals surface area contributed by atoms with Gasteiger partial charge in [0.15, 0.2) is 0 Å². The highest BCUT2D eigenvalue weighted by atomic mass is 16.2. The van der Waals surface area contributed by atoms with Gasteiger partial charge in [-0.3, -0.25) is 4.79 Å². The number of nitrogens with one attached hydrogen (secondary N) is 1. The van der Waals surface area contributed by atoms with E-state index in [1.807, 2.05) is 50.1 Å².